The molecule has 0 N–H and O–H groups in total. The van der Waals surface area contributed by atoms with Crippen LogP contribution in [0, 0.1) is 5.82 Å². The van der Waals surface area contributed by atoms with E-state index in [0.717, 1.165) is 5.75 Å². The first-order valence-electron chi connectivity index (χ1n) is 5.73. The fourth-order valence-electron chi connectivity index (χ4n) is 1.54. The van der Waals surface area contributed by atoms with Crippen LogP contribution in [0.5, 0.6) is 0 Å². The number of carbonyl (C=O) groups is 1. The van der Waals surface area contributed by atoms with E-state index >= 15 is 0 Å². The minimum atomic E-state index is -0.531. The van der Waals surface area contributed by atoms with E-state index in [-0.39, 0.29) is 11.6 Å². The monoisotopic (exact) mass is 280 g/mol. The summed E-state index contributed by atoms with van der Waals surface area (Å²) in [6, 6.07) is 9.29. The fourth-order valence-corrected chi connectivity index (χ4v) is 1.79. The molecular formula is C14H13FO3S. The second kappa shape index (κ2) is 6.43. The molecule has 0 aliphatic heterocycles. The van der Waals surface area contributed by atoms with Crippen molar-refractivity contribution in [3.8, 4) is 11.3 Å². The largest absolute Gasteiger partial charge is 0.459 e. The molecule has 0 fully saturated rings. The number of hydrogen-bond acceptors (Lipinski definition) is 4. The van der Waals surface area contributed by atoms with Gasteiger partial charge in [-0.1, -0.05) is 12.1 Å². The Labute approximate surface area is 114 Å². The van der Waals surface area contributed by atoms with Gasteiger partial charge in [0.25, 0.3) is 0 Å². The maximum Gasteiger partial charge on any atom is 0.374 e. The third-order valence-electron chi connectivity index (χ3n) is 2.47. The van der Waals surface area contributed by atoms with E-state index in [9.17, 15) is 9.18 Å². The zero-order valence-electron chi connectivity index (χ0n) is 10.4. The number of rotatable bonds is 5. The maximum atomic E-state index is 13.6. The van der Waals surface area contributed by atoms with Gasteiger partial charge in [0.05, 0.1) is 5.56 Å². The highest BCUT2D eigenvalue weighted by molar-refractivity contribution is 7.98. The first-order valence-corrected chi connectivity index (χ1v) is 7.12. The van der Waals surface area contributed by atoms with Crippen LogP contribution in [-0.2, 0) is 4.74 Å². The van der Waals surface area contributed by atoms with Crippen molar-refractivity contribution in [1.29, 1.82) is 0 Å². The number of benzene rings is 1. The summed E-state index contributed by atoms with van der Waals surface area (Å²) < 4.78 is 23.9. The minimum Gasteiger partial charge on any atom is -0.459 e. The molecule has 0 amide bonds. The summed E-state index contributed by atoms with van der Waals surface area (Å²) in [5, 5.41) is 0. The molecule has 0 spiro atoms. The highest BCUT2D eigenvalue weighted by Crippen LogP contribution is 2.25. The molecule has 100 valence electrons. The summed E-state index contributed by atoms with van der Waals surface area (Å²) in [6.07, 6.45) is 1.93. The van der Waals surface area contributed by atoms with Gasteiger partial charge in [0.15, 0.2) is 0 Å². The molecule has 0 unspecified atom stereocenters. The van der Waals surface area contributed by atoms with Crippen molar-refractivity contribution in [2.24, 2.45) is 0 Å². The first-order chi connectivity index (χ1) is 9.22. The van der Waals surface area contributed by atoms with Crippen LogP contribution < -0.4 is 0 Å². The summed E-state index contributed by atoms with van der Waals surface area (Å²) in [7, 11) is 0. The van der Waals surface area contributed by atoms with Crippen molar-refractivity contribution in [3.63, 3.8) is 0 Å². The Hall–Kier alpha value is -1.75. The van der Waals surface area contributed by atoms with Crippen LogP contribution in [0.2, 0.25) is 0 Å². The number of furan rings is 1. The van der Waals surface area contributed by atoms with Gasteiger partial charge in [-0.3, -0.25) is 0 Å². The molecule has 1 aromatic carbocycles. The Morgan fingerprint density at radius 3 is 2.84 bits per heavy atom. The van der Waals surface area contributed by atoms with Crippen LogP contribution in [0.1, 0.15) is 10.6 Å². The molecule has 0 saturated heterocycles. The lowest BCUT2D eigenvalue weighted by molar-refractivity contribution is 0.0495. The number of carbonyl (C=O) groups excluding carboxylic acids is 1. The van der Waals surface area contributed by atoms with E-state index in [1.165, 1.54) is 12.1 Å². The van der Waals surface area contributed by atoms with Gasteiger partial charge in [0, 0.05) is 5.75 Å². The van der Waals surface area contributed by atoms with Crippen molar-refractivity contribution >= 4 is 17.7 Å². The summed E-state index contributed by atoms with van der Waals surface area (Å²) in [6.45, 7) is 0.329. The second-order valence-corrected chi connectivity index (χ2v) is 4.76. The molecule has 0 atom stereocenters. The van der Waals surface area contributed by atoms with Crippen LogP contribution >= 0.6 is 11.8 Å². The van der Waals surface area contributed by atoms with Gasteiger partial charge in [-0.05, 0) is 30.5 Å². The minimum absolute atomic E-state index is 0.0827. The SMILES string of the molecule is CSCCOC(=O)c1ccc(-c2ccccc2F)o1. The van der Waals surface area contributed by atoms with E-state index in [1.807, 2.05) is 6.26 Å². The van der Waals surface area contributed by atoms with Gasteiger partial charge in [0.2, 0.25) is 5.76 Å². The highest BCUT2D eigenvalue weighted by Gasteiger charge is 2.15. The van der Waals surface area contributed by atoms with E-state index in [0.29, 0.717) is 17.9 Å². The van der Waals surface area contributed by atoms with Crippen LogP contribution in [0.15, 0.2) is 40.8 Å². The quantitative estimate of drug-likeness (QED) is 0.619. The molecule has 0 bridgehead atoms. The molecule has 0 saturated carbocycles. The van der Waals surface area contributed by atoms with Crippen molar-refractivity contribution in [1.82, 2.24) is 0 Å². The summed E-state index contributed by atoms with van der Waals surface area (Å²) in [4.78, 5) is 11.6. The third-order valence-corrected chi connectivity index (χ3v) is 3.04. The number of ether oxygens (including phenoxy) is 1. The van der Waals surface area contributed by atoms with E-state index in [4.69, 9.17) is 9.15 Å². The zero-order valence-corrected chi connectivity index (χ0v) is 11.2. The number of hydrogen-bond donors (Lipinski definition) is 0. The average molecular weight is 280 g/mol. The zero-order chi connectivity index (χ0) is 13.7. The topological polar surface area (TPSA) is 39.4 Å². The normalized spacial score (nSPS) is 10.4. The molecule has 0 radical (unpaired) electrons. The highest BCUT2D eigenvalue weighted by atomic mass is 32.2. The van der Waals surface area contributed by atoms with Crippen LogP contribution in [-0.4, -0.2) is 24.6 Å². The Morgan fingerprint density at radius 1 is 1.32 bits per heavy atom. The smallest absolute Gasteiger partial charge is 0.374 e. The Kier molecular flexibility index (Phi) is 4.63. The number of halogens is 1. The van der Waals surface area contributed by atoms with Crippen molar-refractivity contribution in [2.45, 2.75) is 0 Å². The molecule has 2 rings (SSSR count). The van der Waals surface area contributed by atoms with Gasteiger partial charge in [-0.25, -0.2) is 9.18 Å². The summed E-state index contributed by atoms with van der Waals surface area (Å²) in [5.41, 5.74) is 0.325. The molecule has 1 heterocycles. The van der Waals surface area contributed by atoms with E-state index in [1.54, 1.807) is 36.0 Å². The summed E-state index contributed by atoms with van der Waals surface area (Å²) >= 11 is 1.59. The predicted octanol–water partition coefficient (Wildman–Crippen LogP) is 3.61. The van der Waals surface area contributed by atoms with Gasteiger partial charge in [-0.2, -0.15) is 11.8 Å². The maximum absolute atomic E-state index is 13.6. The molecule has 3 nitrogen and oxygen atoms in total. The van der Waals surface area contributed by atoms with Crippen molar-refractivity contribution < 1.29 is 18.3 Å². The number of thioether (sulfide) groups is 1. The molecule has 2 aromatic rings. The molecule has 1 aromatic heterocycles. The molecule has 0 aliphatic rings. The summed E-state index contributed by atoms with van der Waals surface area (Å²) in [5.74, 6) is 0.206. The third kappa shape index (κ3) is 3.38. The van der Waals surface area contributed by atoms with Crippen molar-refractivity contribution in [2.75, 3.05) is 18.6 Å². The fraction of sp³-hybridized carbons (Fsp3) is 0.214. The van der Waals surface area contributed by atoms with Crippen LogP contribution in [0.25, 0.3) is 11.3 Å². The van der Waals surface area contributed by atoms with Crippen LogP contribution in [0.3, 0.4) is 0 Å². The van der Waals surface area contributed by atoms with Crippen LogP contribution in [0.4, 0.5) is 4.39 Å². The second-order valence-electron chi connectivity index (χ2n) is 3.77. The Morgan fingerprint density at radius 2 is 2.11 bits per heavy atom. The lowest BCUT2D eigenvalue weighted by Gasteiger charge is -2.01. The number of esters is 1. The predicted molar refractivity (Wildman–Crippen MR) is 72.8 cm³/mol. The van der Waals surface area contributed by atoms with Gasteiger partial charge in [0.1, 0.15) is 18.2 Å². The van der Waals surface area contributed by atoms with E-state index < -0.39 is 5.97 Å². The van der Waals surface area contributed by atoms with Gasteiger partial charge in [-0.15, -0.1) is 0 Å². The lowest BCUT2D eigenvalue weighted by atomic mass is 10.1. The Bertz CT molecular complexity index is 565. The standard InChI is InChI=1S/C14H13FO3S/c1-19-9-8-17-14(16)13-7-6-12(18-13)10-4-2-3-5-11(10)15/h2-7H,8-9H2,1H3. The van der Waals surface area contributed by atoms with Crippen molar-refractivity contribution in [3.05, 3.63) is 48.0 Å². The molecule has 0 aliphatic carbocycles. The molecule has 5 heteroatoms. The molecular weight excluding hydrogens is 267 g/mol. The average Bonchev–Trinajstić information content (AvgIpc) is 2.89. The van der Waals surface area contributed by atoms with E-state index in [2.05, 4.69) is 0 Å². The Balaban J connectivity index is 2.11. The van der Waals surface area contributed by atoms with Gasteiger partial charge < -0.3 is 9.15 Å². The first kappa shape index (κ1) is 13.7. The van der Waals surface area contributed by atoms with Gasteiger partial charge >= 0.3 is 5.97 Å². The molecule has 19 heavy (non-hydrogen) atoms. The lowest BCUT2D eigenvalue weighted by Crippen LogP contribution is -2.06.